The molecule has 1 aliphatic heterocycles. The Bertz CT molecular complexity index is 862. The van der Waals surface area contributed by atoms with E-state index in [4.69, 9.17) is 0 Å². The quantitative estimate of drug-likeness (QED) is 0.886. The molecule has 1 heterocycles. The predicted molar refractivity (Wildman–Crippen MR) is 109 cm³/mol. The number of carbonyl (C=O) groups excluding carboxylic acids is 2. The topological polar surface area (TPSA) is 52.7 Å². The van der Waals surface area contributed by atoms with Gasteiger partial charge in [-0.3, -0.25) is 14.5 Å². The molecule has 5 nitrogen and oxygen atoms in total. The fourth-order valence-electron chi connectivity index (χ4n) is 3.63. The fourth-order valence-corrected chi connectivity index (χ4v) is 3.63. The summed E-state index contributed by atoms with van der Waals surface area (Å²) in [5, 5.41) is 2.94. The summed E-state index contributed by atoms with van der Waals surface area (Å²) in [6, 6.07) is 14.0. The average Bonchev–Trinajstić information content (AvgIpc) is 2.94. The second-order valence-corrected chi connectivity index (χ2v) is 7.41. The van der Waals surface area contributed by atoms with Gasteiger partial charge in [-0.1, -0.05) is 30.3 Å². The minimum Gasteiger partial charge on any atom is -0.325 e. The summed E-state index contributed by atoms with van der Waals surface area (Å²) < 4.78 is 0. The first kappa shape index (κ1) is 19.1. The highest BCUT2D eigenvalue weighted by molar-refractivity contribution is 5.98. The van der Waals surface area contributed by atoms with Crippen molar-refractivity contribution in [2.24, 2.45) is 0 Å². The molecule has 0 radical (unpaired) electrons. The average molecular weight is 365 g/mol. The Hall–Kier alpha value is -2.66. The Balaban J connectivity index is 1.59. The molecule has 0 aliphatic carbocycles. The van der Waals surface area contributed by atoms with Crippen molar-refractivity contribution in [2.75, 3.05) is 30.4 Å². The molecular formula is C22H27N3O2. The van der Waals surface area contributed by atoms with Crippen molar-refractivity contribution in [2.45, 2.75) is 33.2 Å². The Kier molecular flexibility index (Phi) is 5.61. The van der Waals surface area contributed by atoms with E-state index in [2.05, 4.69) is 18.3 Å². The van der Waals surface area contributed by atoms with E-state index < -0.39 is 0 Å². The third kappa shape index (κ3) is 4.19. The summed E-state index contributed by atoms with van der Waals surface area (Å²) in [6.07, 6.45) is 0.874. The van der Waals surface area contributed by atoms with Gasteiger partial charge in [-0.05, 0) is 63.1 Å². The number of rotatable bonds is 5. The summed E-state index contributed by atoms with van der Waals surface area (Å²) in [7, 11) is 1.80. The van der Waals surface area contributed by atoms with Crippen LogP contribution in [0.1, 0.15) is 23.6 Å². The van der Waals surface area contributed by atoms with Gasteiger partial charge in [0, 0.05) is 17.4 Å². The number of amides is 2. The molecule has 0 aromatic heterocycles. The molecule has 5 heteroatoms. The summed E-state index contributed by atoms with van der Waals surface area (Å²) >= 11 is 0. The lowest BCUT2D eigenvalue weighted by Crippen LogP contribution is -2.43. The van der Waals surface area contributed by atoms with Crippen LogP contribution in [0.4, 0.5) is 11.4 Å². The van der Waals surface area contributed by atoms with Gasteiger partial charge < -0.3 is 10.2 Å². The summed E-state index contributed by atoms with van der Waals surface area (Å²) in [6.45, 7) is 6.45. The maximum atomic E-state index is 12.8. The van der Waals surface area contributed by atoms with E-state index in [1.807, 2.05) is 55.1 Å². The van der Waals surface area contributed by atoms with E-state index in [0.717, 1.165) is 28.9 Å². The molecule has 1 aliphatic rings. The molecule has 0 spiro atoms. The normalized spacial score (nSPS) is 15.7. The van der Waals surface area contributed by atoms with E-state index in [-0.39, 0.29) is 30.9 Å². The Morgan fingerprint density at radius 3 is 2.63 bits per heavy atom. The molecule has 2 aromatic carbocycles. The van der Waals surface area contributed by atoms with Gasteiger partial charge in [-0.15, -0.1) is 0 Å². The van der Waals surface area contributed by atoms with E-state index in [1.165, 1.54) is 5.56 Å². The molecule has 3 rings (SSSR count). The number of fused-ring (bicyclic) bond motifs is 1. The van der Waals surface area contributed by atoms with Gasteiger partial charge in [0.1, 0.15) is 0 Å². The van der Waals surface area contributed by atoms with Gasteiger partial charge in [0.25, 0.3) is 0 Å². The van der Waals surface area contributed by atoms with E-state index in [9.17, 15) is 9.59 Å². The van der Waals surface area contributed by atoms with Crippen LogP contribution in [-0.4, -0.2) is 42.9 Å². The van der Waals surface area contributed by atoms with Crippen molar-refractivity contribution < 1.29 is 9.59 Å². The molecular weight excluding hydrogens is 338 g/mol. The van der Waals surface area contributed by atoms with Gasteiger partial charge in [-0.2, -0.15) is 0 Å². The minimum absolute atomic E-state index is 0.0227. The number of hydrogen-bond acceptors (Lipinski definition) is 3. The Morgan fingerprint density at radius 1 is 1.11 bits per heavy atom. The van der Waals surface area contributed by atoms with Gasteiger partial charge in [0.15, 0.2) is 0 Å². The molecule has 142 valence electrons. The first-order valence-corrected chi connectivity index (χ1v) is 9.31. The standard InChI is InChI=1S/C22H27N3O2/c1-15-8-7-10-19(17(15)3)23-21(26)13-24(4)14-22(27)25-16(2)12-18-9-5-6-11-20(18)25/h5-11,16H,12-14H2,1-4H3,(H,23,26)/t16-/m1/s1. The summed E-state index contributed by atoms with van der Waals surface area (Å²) in [5.41, 5.74) is 5.21. The number of nitrogens with one attached hydrogen (secondary N) is 1. The van der Waals surface area contributed by atoms with Crippen LogP contribution in [0.2, 0.25) is 0 Å². The molecule has 2 aromatic rings. The zero-order chi connectivity index (χ0) is 19.6. The number of carbonyl (C=O) groups is 2. The predicted octanol–water partition coefficient (Wildman–Crippen LogP) is 3.15. The number of para-hydroxylation sites is 1. The summed E-state index contributed by atoms with van der Waals surface area (Å²) in [5.74, 6) is -0.0941. The third-order valence-corrected chi connectivity index (χ3v) is 5.17. The first-order chi connectivity index (χ1) is 12.9. The SMILES string of the molecule is Cc1cccc(NC(=O)CN(C)CC(=O)N2c3ccccc3C[C@H]2C)c1C. The van der Waals surface area contributed by atoms with E-state index >= 15 is 0 Å². The maximum Gasteiger partial charge on any atom is 0.241 e. The van der Waals surface area contributed by atoms with Gasteiger partial charge in [0.2, 0.25) is 11.8 Å². The third-order valence-electron chi connectivity index (χ3n) is 5.17. The van der Waals surface area contributed by atoms with Crippen molar-refractivity contribution in [3.63, 3.8) is 0 Å². The lowest BCUT2D eigenvalue weighted by molar-refractivity contribution is -0.121. The largest absolute Gasteiger partial charge is 0.325 e. The molecule has 1 atom stereocenters. The molecule has 27 heavy (non-hydrogen) atoms. The maximum absolute atomic E-state index is 12.8. The number of hydrogen-bond donors (Lipinski definition) is 1. The number of aryl methyl sites for hydroxylation is 1. The fraction of sp³-hybridized carbons (Fsp3) is 0.364. The molecule has 0 unspecified atom stereocenters. The second-order valence-electron chi connectivity index (χ2n) is 7.41. The second kappa shape index (κ2) is 7.92. The smallest absolute Gasteiger partial charge is 0.241 e. The lowest BCUT2D eigenvalue weighted by Gasteiger charge is -2.25. The highest BCUT2D eigenvalue weighted by Gasteiger charge is 2.30. The zero-order valence-electron chi connectivity index (χ0n) is 16.5. The number of anilines is 2. The van der Waals surface area contributed by atoms with Crippen molar-refractivity contribution in [3.05, 3.63) is 59.2 Å². The molecule has 1 N–H and O–H groups in total. The van der Waals surface area contributed by atoms with Gasteiger partial charge in [-0.25, -0.2) is 0 Å². The molecule has 0 saturated carbocycles. The van der Waals surface area contributed by atoms with Crippen LogP contribution in [0.25, 0.3) is 0 Å². The van der Waals surface area contributed by atoms with Crippen LogP contribution in [0.3, 0.4) is 0 Å². The zero-order valence-corrected chi connectivity index (χ0v) is 16.5. The number of benzene rings is 2. The number of nitrogens with zero attached hydrogens (tertiary/aromatic N) is 2. The molecule has 2 amide bonds. The highest BCUT2D eigenvalue weighted by Crippen LogP contribution is 2.31. The van der Waals surface area contributed by atoms with Gasteiger partial charge in [0.05, 0.1) is 13.1 Å². The van der Waals surface area contributed by atoms with Crippen molar-refractivity contribution >= 4 is 23.2 Å². The summed E-state index contributed by atoms with van der Waals surface area (Å²) in [4.78, 5) is 28.8. The monoisotopic (exact) mass is 365 g/mol. The Labute approximate surface area is 161 Å². The van der Waals surface area contributed by atoms with Gasteiger partial charge >= 0.3 is 0 Å². The van der Waals surface area contributed by atoms with E-state index in [0.29, 0.717) is 0 Å². The van der Waals surface area contributed by atoms with Crippen LogP contribution in [0.5, 0.6) is 0 Å². The van der Waals surface area contributed by atoms with Crippen LogP contribution >= 0.6 is 0 Å². The van der Waals surface area contributed by atoms with Crippen LogP contribution < -0.4 is 10.2 Å². The van der Waals surface area contributed by atoms with Crippen molar-refractivity contribution in [1.29, 1.82) is 0 Å². The van der Waals surface area contributed by atoms with Crippen molar-refractivity contribution in [1.82, 2.24) is 4.90 Å². The van der Waals surface area contributed by atoms with Crippen LogP contribution in [-0.2, 0) is 16.0 Å². The molecule has 0 fully saturated rings. The highest BCUT2D eigenvalue weighted by atomic mass is 16.2. The van der Waals surface area contributed by atoms with Crippen LogP contribution in [0, 0.1) is 13.8 Å². The number of likely N-dealkylation sites (N-methyl/N-ethyl adjacent to an activating group) is 1. The lowest BCUT2D eigenvalue weighted by atomic mass is 10.1. The molecule has 0 bridgehead atoms. The Morgan fingerprint density at radius 2 is 1.85 bits per heavy atom. The van der Waals surface area contributed by atoms with E-state index in [1.54, 1.807) is 11.9 Å². The molecule has 0 saturated heterocycles. The van der Waals surface area contributed by atoms with Crippen LogP contribution in [0.15, 0.2) is 42.5 Å². The first-order valence-electron chi connectivity index (χ1n) is 9.31. The van der Waals surface area contributed by atoms with Crippen molar-refractivity contribution in [3.8, 4) is 0 Å². The minimum atomic E-state index is -0.117.